The number of benzene rings is 1. The largest absolute Gasteiger partial charge is 0.465 e. The van der Waals surface area contributed by atoms with E-state index < -0.39 is 0 Å². The summed E-state index contributed by atoms with van der Waals surface area (Å²) >= 11 is 1.42. The lowest BCUT2D eigenvalue weighted by molar-refractivity contribution is -0.140. The van der Waals surface area contributed by atoms with Crippen molar-refractivity contribution in [2.24, 2.45) is 0 Å². The standard InChI is InChI=1S/C20H21N3O2S/c1-3-5-10-25-19(24)13-26-18-11-14(4-2)15(12-21)20-22-16-8-6-7-9-17(16)23(18)20/h6-9,11H,3-5,10,13H2,1-2H3. The van der Waals surface area contributed by atoms with Gasteiger partial charge in [-0.3, -0.25) is 9.20 Å². The Morgan fingerprint density at radius 3 is 2.88 bits per heavy atom. The van der Waals surface area contributed by atoms with E-state index in [0.29, 0.717) is 17.8 Å². The van der Waals surface area contributed by atoms with Gasteiger partial charge in [0, 0.05) is 0 Å². The maximum atomic E-state index is 12.0. The first kappa shape index (κ1) is 18.3. The molecule has 26 heavy (non-hydrogen) atoms. The lowest BCUT2D eigenvalue weighted by Gasteiger charge is -2.11. The van der Waals surface area contributed by atoms with Crippen molar-refractivity contribution in [3.63, 3.8) is 0 Å². The molecule has 0 bridgehead atoms. The number of aromatic nitrogens is 2. The van der Waals surface area contributed by atoms with E-state index in [2.05, 4.69) is 18.0 Å². The predicted molar refractivity (Wildman–Crippen MR) is 103 cm³/mol. The zero-order valence-electron chi connectivity index (χ0n) is 15.0. The van der Waals surface area contributed by atoms with Gasteiger partial charge in [-0.1, -0.05) is 44.2 Å². The summed E-state index contributed by atoms with van der Waals surface area (Å²) in [6.07, 6.45) is 2.61. The maximum absolute atomic E-state index is 12.0. The zero-order chi connectivity index (χ0) is 18.5. The first-order valence-electron chi connectivity index (χ1n) is 8.81. The summed E-state index contributed by atoms with van der Waals surface area (Å²) in [7, 11) is 0. The lowest BCUT2D eigenvalue weighted by atomic mass is 10.1. The number of aryl methyl sites for hydroxylation is 1. The van der Waals surface area contributed by atoms with Gasteiger partial charge in [-0.05, 0) is 36.6 Å². The Bertz CT molecular complexity index is 988. The number of esters is 1. The molecule has 0 aliphatic rings. The Labute approximate surface area is 157 Å². The number of unbranched alkanes of at least 4 members (excludes halogenated alkanes) is 1. The third kappa shape index (κ3) is 3.54. The molecule has 2 aromatic heterocycles. The fraction of sp³-hybridized carbons (Fsp3) is 0.350. The highest BCUT2D eigenvalue weighted by molar-refractivity contribution is 7.99. The van der Waals surface area contributed by atoms with Gasteiger partial charge in [0.1, 0.15) is 6.07 Å². The predicted octanol–water partition coefficient (Wildman–Crippen LogP) is 4.36. The molecule has 134 valence electrons. The monoisotopic (exact) mass is 367 g/mol. The number of hydrogen-bond donors (Lipinski definition) is 0. The molecule has 0 saturated heterocycles. The van der Waals surface area contributed by atoms with Crippen molar-refractivity contribution in [3.05, 3.63) is 41.5 Å². The Morgan fingerprint density at radius 2 is 2.15 bits per heavy atom. The second kappa shape index (κ2) is 8.24. The molecular formula is C20H21N3O2S. The topological polar surface area (TPSA) is 67.4 Å². The van der Waals surface area contributed by atoms with E-state index in [4.69, 9.17) is 4.74 Å². The zero-order valence-corrected chi connectivity index (χ0v) is 15.8. The maximum Gasteiger partial charge on any atom is 0.316 e. The van der Waals surface area contributed by atoms with Gasteiger partial charge in [0.25, 0.3) is 0 Å². The molecule has 0 aliphatic heterocycles. The van der Waals surface area contributed by atoms with Gasteiger partial charge in [-0.15, -0.1) is 0 Å². The Morgan fingerprint density at radius 1 is 1.35 bits per heavy atom. The molecule has 0 radical (unpaired) electrons. The van der Waals surface area contributed by atoms with Crippen LogP contribution in [-0.2, 0) is 16.0 Å². The van der Waals surface area contributed by atoms with Crippen LogP contribution in [0, 0.1) is 11.3 Å². The minimum absolute atomic E-state index is 0.219. The van der Waals surface area contributed by atoms with E-state index in [9.17, 15) is 10.1 Å². The Balaban J connectivity index is 2.01. The molecule has 2 heterocycles. The summed E-state index contributed by atoms with van der Waals surface area (Å²) in [5.41, 5.74) is 3.96. The van der Waals surface area contributed by atoms with E-state index in [1.807, 2.05) is 41.7 Å². The van der Waals surface area contributed by atoms with Gasteiger partial charge in [0.2, 0.25) is 0 Å². The van der Waals surface area contributed by atoms with Crippen molar-refractivity contribution in [2.45, 2.75) is 38.1 Å². The van der Waals surface area contributed by atoms with E-state index >= 15 is 0 Å². The van der Waals surface area contributed by atoms with Crippen molar-refractivity contribution < 1.29 is 9.53 Å². The SMILES string of the molecule is CCCCOC(=O)CSc1cc(CC)c(C#N)c2nc3ccccc3n12. The smallest absolute Gasteiger partial charge is 0.316 e. The molecule has 0 saturated carbocycles. The van der Waals surface area contributed by atoms with E-state index in [1.165, 1.54) is 11.8 Å². The number of fused-ring (bicyclic) bond motifs is 3. The van der Waals surface area contributed by atoms with Crippen LogP contribution < -0.4 is 0 Å². The van der Waals surface area contributed by atoms with Crippen LogP contribution in [-0.4, -0.2) is 27.7 Å². The number of rotatable bonds is 7. The lowest BCUT2D eigenvalue weighted by Crippen LogP contribution is -2.09. The van der Waals surface area contributed by atoms with Gasteiger partial charge in [0.15, 0.2) is 5.65 Å². The van der Waals surface area contributed by atoms with Crippen LogP contribution in [0.4, 0.5) is 0 Å². The molecule has 1 aromatic carbocycles. The minimum atomic E-state index is -0.219. The summed E-state index contributed by atoms with van der Waals surface area (Å²) in [6.45, 7) is 4.54. The van der Waals surface area contributed by atoms with Crippen LogP contribution in [0.3, 0.4) is 0 Å². The van der Waals surface area contributed by atoms with Gasteiger partial charge in [0.05, 0.1) is 34.0 Å². The average Bonchev–Trinajstić information content (AvgIpc) is 3.05. The quantitative estimate of drug-likeness (QED) is 0.353. The van der Waals surface area contributed by atoms with Crippen molar-refractivity contribution in [3.8, 4) is 6.07 Å². The highest BCUT2D eigenvalue weighted by atomic mass is 32.2. The Hall–Kier alpha value is -2.52. The van der Waals surface area contributed by atoms with Gasteiger partial charge < -0.3 is 4.74 Å². The molecule has 0 fully saturated rings. The number of hydrogen-bond acceptors (Lipinski definition) is 5. The normalized spacial score (nSPS) is 11.0. The van der Waals surface area contributed by atoms with Gasteiger partial charge in [-0.2, -0.15) is 5.26 Å². The van der Waals surface area contributed by atoms with Gasteiger partial charge >= 0.3 is 5.97 Å². The summed E-state index contributed by atoms with van der Waals surface area (Å²) in [4.78, 5) is 16.6. The molecule has 0 amide bonds. The fourth-order valence-corrected chi connectivity index (χ4v) is 3.75. The first-order valence-corrected chi connectivity index (χ1v) is 9.79. The Kier molecular flexibility index (Phi) is 5.79. The summed E-state index contributed by atoms with van der Waals surface area (Å²) in [6, 6.07) is 12.1. The number of nitrogens with zero attached hydrogens (tertiary/aromatic N) is 3. The molecule has 3 aromatic rings. The summed E-state index contributed by atoms with van der Waals surface area (Å²) in [5, 5.41) is 10.5. The number of carbonyl (C=O) groups is 1. The molecular weight excluding hydrogens is 346 g/mol. The van der Waals surface area contributed by atoms with Crippen LogP contribution in [0.2, 0.25) is 0 Å². The van der Waals surface area contributed by atoms with Crippen molar-refractivity contribution in [2.75, 3.05) is 12.4 Å². The summed E-state index contributed by atoms with van der Waals surface area (Å²) in [5.74, 6) is 0.0174. The number of imidazole rings is 1. The molecule has 0 spiro atoms. The molecule has 0 unspecified atom stereocenters. The number of ether oxygens (including phenoxy) is 1. The van der Waals surface area contributed by atoms with Crippen LogP contribution in [0.25, 0.3) is 16.7 Å². The second-order valence-electron chi connectivity index (χ2n) is 5.97. The highest BCUT2D eigenvalue weighted by Gasteiger charge is 2.17. The van der Waals surface area contributed by atoms with Crippen LogP contribution >= 0.6 is 11.8 Å². The second-order valence-corrected chi connectivity index (χ2v) is 6.97. The number of thioether (sulfide) groups is 1. The number of pyridine rings is 1. The molecule has 5 nitrogen and oxygen atoms in total. The van der Waals surface area contributed by atoms with Crippen LogP contribution in [0.15, 0.2) is 35.4 Å². The number of carbonyl (C=O) groups excluding carboxylic acids is 1. The number of nitriles is 1. The molecule has 0 atom stereocenters. The van der Waals surface area contributed by atoms with Crippen LogP contribution in [0.1, 0.15) is 37.8 Å². The third-order valence-corrected chi connectivity index (χ3v) is 5.19. The van der Waals surface area contributed by atoms with Crippen molar-refractivity contribution >= 4 is 34.4 Å². The third-order valence-electron chi connectivity index (χ3n) is 4.22. The van der Waals surface area contributed by atoms with Gasteiger partial charge in [-0.25, -0.2) is 4.98 Å². The molecule has 6 heteroatoms. The first-order chi connectivity index (χ1) is 12.7. The average molecular weight is 367 g/mol. The molecule has 0 aliphatic carbocycles. The van der Waals surface area contributed by atoms with Crippen LogP contribution in [0.5, 0.6) is 0 Å². The van der Waals surface area contributed by atoms with E-state index in [1.54, 1.807) is 0 Å². The highest BCUT2D eigenvalue weighted by Crippen LogP contribution is 2.29. The molecule has 3 rings (SSSR count). The minimum Gasteiger partial charge on any atom is -0.465 e. The van der Waals surface area contributed by atoms with E-state index in [0.717, 1.165) is 40.9 Å². The van der Waals surface area contributed by atoms with E-state index in [-0.39, 0.29) is 11.7 Å². The summed E-state index contributed by atoms with van der Waals surface area (Å²) < 4.78 is 7.22. The molecule has 0 N–H and O–H groups in total. The van der Waals surface area contributed by atoms with Crippen molar-refractivity contribution in [1.29, 1.82) is 5.26 Å². The number of para-hydroxylation sites is 2. The van der Waals surface area contributed by atoms with Crippen molar-refractivity contribution in [1.82, 2.24) is 9.38 Å². The fourth-order valence-electron chi connectivity index (χ4n) is 2.86.